The van der Waals surface area contributed by atoms with Crippen LogP contribution in [0.5, 0.6) is 0 Å². The lowest BCUT2D eigenvalue weighted by atomic mass is 10.4. The van der Waals surface area contributed by atoms with E-state index in [2.05, 4.69) is 0 Å². The molecule has 0 aliphatic rings. The summed E-state index contributed by atoms with van der Waals surface area (Å²) >= 11 is 0. The summed E-state index contributed by atoms with van der Waals surface area (Å²) in [5.74, 6) is -4.56. The quantitative estimate of drug-likeness (QED) is 0.470. The first kappa shape index (κ1) is 11.4. The molecule has 0 fully saturated rings. The molecule has 0 saturated carbocycles. The molecule has 0 amide bonds. The first-order valence-corrected chi connectivity index (χ1v) is 1.69. The van der Waals surface area contributed by atoms with Gasteiger partial charge in [0.2, 0.25) is 0 Å². The molecular formula is C3H4F6. The molecule has 58 valence electrons. The normalized spacial score (nSPS) is 12.7. The molecule has 0 bridgehead atoms. The lowest BCUT2D eigenvalue weighted by Crippen LogP contribution is -2.32. The molecule has 0 saturated heterocycles. The predicted octanol–water partition coefficient (Wildman–Crippen LogP) is 2.36. The van der Waals surface area contributed by atoms with E-state index in [0.717, 1.165) is 0 Å². The minimum absolute atomic E-state index is 0. The molecule has 0 aromatic rings. The van der Waals surface area contributed by atoms with Gasteiger partial charge in [-0.2, -0.15) is 22.0 Å². The monoisotopic (exact) mass is 154 g/mol. The van der Waals surface area contributed by atoms with Gasteiger partial charge in [0.25, 0.3) is 0 Å². The summed E-state index contributed by atoms with van der Waals surface area (Å²) in [5.41, 5.74) is 0. The van der Waals surface area contributed by atoms with E-state index in [1.54, 1.807) is 0 Å². The van der Waals surface area contributed by atoms with Crippen LogP contribution in [-0.2, 0) is 0 Å². The van der Waals surface area contributed by atoms with Crippen molar-refractivity contribution >= 4 is 0 Å². The highest BCUT2D eigenvalue weighted by Gasteiger charge is 2.52. The van der Waals surface area contributed by atoms with Crippen LogP contribution in [0.4, 0.5) is 26.7 Å². The molecule has 0 aromatic heterocycles. The average Bonchev–Trinajstić information content (AvgIpc) is 1.25. The van der Waals surface area contributed by atoms with Crippen molar-refractivity contribution in [1.82, 2.24) is 0 Å². The van der Waals surface area contributed by atoms with Crippen molar-refractivity contribution in [3.05, 3.63) is 0 Å². The summed E-state index contributed by atoms with van der Waals surface area (Å²) in [7, 11) is 0. The molecule has 0 unspecified atom stereocenters. The van der Waals surface area contributed by atoms with Crippen molar-refractivity contribution in [3.8, 4) is 0 Å². The van der Waals surface area contributed by atoms with Gasteiger partial charge in [-0.1, -0.05) is 0 Å². The van der Waals surface area contributed by atoms with Gasteiger partial charge in [0, 0.05) is 6.92 Å². The topological polar surface area (TPSA) is 0 Å². The van der Waals surface area contributed by atoms with E-state index in [-0.39, 0.29) is 11.6 Å². The Bertz CT molecular complexity index is 63.3. The molecular weight excluding hydrogens is 150 g/mol. The number of rotatable bonds is 0. The third-order valence-electron chi connectivity index (χ3n) is 0.498. The van der Waals surface area contributed by atoms with Crippen molar-refractivity contribution in [2.24, 2.45) is 0 Å². The summed E-state index contributed by atoms with van der Waals surface area (Å²) in [4.78, 5) is 0. The van der Waals surface area contributed by atoms with Gasteiger partial charge in [-0.25, -0.2) is 0 Å². The molecule has 0 aliphatic heterocycles. The van der Waals surface area contributed by atoms with Crippen molar-refractivity contribution in [1.29, 1.82) is 0 Å². The third-order valence-corrected chi connectivity index (χ3v) is 0.498. The highest BCUT2D eigenvalue weighted by Crippen LogP contribution is 2.34. The van der Waals surface area contributed by atoms with Crippen LogP contribution in [0.15, 0.2) is 0 Å². The second-order valence-electron chi connectivity index (χ2n) is 1.39. The van der Waals surface area contributed by atoms with Crippen LogP contribution in [0.2, 0.25) is 0 Å². The van der Waals surface area contributed by atoms with Crippen LogP contribution in [0.3, 0.4) is 0 Å². The first-order chi connectivity index (χ1) is 3.25. The smallest absolute Gasteiger partial charge is 0.269 e. The fourth-order valence-corrected chi connectivity index (χ4v) is 0. The second kappa shape index (κ2) is 2.45. The highest BCUT2D eigenvalue weighted by atomic mass is 19.4. The molecule has 0 atom stereocenters. The maximum absolute atomic E-state index is 11.1. The van der Waals surface area contributed by atoms with Gasteiger partial charge in [-0.15, -0.1) is 0 Å². The molecule has 9 heavy (non-hydrogen) atoms. The molecule has 0 nitrogen and oxygen atoms in total. The molecule has 0 aromatic carbocycles. The van der Waals surface area contributed by atoms with Gasteiger partial charge in [0.05, 0.1) is 0 Å². The molecule has 0 aliphatic carbocycles. The van der Waals surface area contributed by atoms with E-state index >= 15 is 0 Å². The van der Waals surface area contributed by atoms with E-state index in [0.29, 0.717) is 0 Å². The van der Waals surface area contributed by atoms with Crippen molar-refractivity contribution < 1.29 is 26.7 Å². The van der Waals surface area contributed by atoms with E-state index in [1.807, 2.05) is 0 Å². The lowest BCUT2D eigenvalue weighted by molar-refractivity contribution is -0.273. The summed E-state index contributed by atoms with van der Waals surface area (Å²) in [5, 5.41) is 0. The van der Waals surface area contributed by atoms with Crippen LogP contribution in [0.1, 0.15) is 6.92 Å². The van der Waals surface area contributed by atoms with Crippen LogP contribution in [0, 0.1) is 0 Å². The van der Waals surface area contributed by atoms with E-state index in [9.17, 15) is 22.0 Å². The van der Waals surface area contributed by atoms with Gasteiger partial charge in [0.1, 0.15) is 0 Å². The Labute approximate surface area is 47.0 Å². The summed E-state index contributed by atoms with van der Waals surface area (Å²) < 4.78 is 54.6. The van der Waals surface area contributed by atoms with Crippen LogP contribution in [-0.4, -0.2) is 12.1 Å². The zero-order valence-corrected chi connectivity index (χ0v) is 4.30. The summed E-state index contributed by atoms with van der Waals surface area (Å²) in [6, 6.07) is 0. The second-order valence-corrected chi connectivity index (χ2v) is 1.39. The van der Waals surface area contributed by atoms with Gasteiger partial charge in [0.15, 0.2) is 0 Å². The molecule has 0 rings (SSSR count). The zero-order chi connectivity index (χ0) is 7.00. The van der Waals surface area contributed by atoms with E-state index < -0.39 is 12.1 Å². The van der Waals surface area contributed by atoms with Crippen LogP contribution < -0.4 is 0 Å². The standard InChI is InChI=1S/C3H3F5.FH/c1-2(4,5)3(6,7)8;/h1H3;1H. The van der Waals surface area contributed by atoms with Crippen molar-refractivity contribution in [3.63, 3.8) is 0 Å². The minimum atomic E-state index is -5.40. The Morgan fingerprint density at radius 2 is 1.00 bits per heavy atom. The molecule has 0 radical (unpaired) electrons. The fourth-order valence-electron chi connectivity index (χ4n) is 0. The Kier molecular flexibility index (Phi) is 3.10. The molecule has 6 heteroatoms. The fraction of sp³-hybridized carbons (Fsp3) is 1.00. The summed E-state index contributed by atoms with van der Waals surface area (Å²) in [6.45, 7) is -0.188. The van der Waals surface area contributed by atoms with Crippen LogP contribution >= 0.6 is 0 Å². The van der Waals surface area contributed by atoms with Gasteiger partial charge >= 0.3 is 12.1 Å². The zero-order valence-electron chi connectivity index (χ0n) is 4.30. The molecule has 0 heterocycles. The SMILES string of the molecule is CC(F)(F)C(F)(F)F.F. The predicted molar refractivity (Wildman–Crippen MR) is 19.2 cm³/mol. The van der Waals surface area contributed by atoms with Crippen molar-refractivity contribution in [2.75, 3.05) is 0 Å². The number of halogens is 6. The Morgan fingerprint density at radius 1 is 0.889 bits per heavy atom. The summed E-state index contributed by atoms with van der Waals surface area (Å²) in [6.07, 6.45) is -5.40. The number of hydrogen-bond acceptors (Lipinski definition) is 0. The minimum Gasteiger partial charge on any atom is -0.269 e. The highest BCUT2D eigenvalue weighted by molar-refractivity contribution is 4.67. The average molecular weight is 154 g/mol. The largest absolute Gasteiger partial charge is 0.452 e. The Balaban J connectivity index is 0. The van der Waals surface area contributed by atoms with Gasteiger partial charge in [-0.05, 0) is 0 Å². The van der Waals surface area contributed by atoms with Gasteiger partial charge in [-0.3, -0.25) is 4.70 Å². The third kappa shape index (κ3) is 3.21. The van der Waals surface area contributed by atoms with Crippen LogP contribution in [0.25, 0.3) is 0 Å². The molecule has 0 spiro atoms. The van der Waals surface area contributed by atoms with E-state index in [4.69, 9.17) is 0 Å². The molecule has 0 N–H and O–H groups in total. The Hall–Kier alpha value is -0.420. The number of alkyl halides is 5. The lowest BCUT2D eigenvalue weighted by Gasteiger charge is -2.12. The first-order valence-electron chi connectivity index (χ1n) is 1.69. The maximum atomic E-state index is 11.1. The van der Waals surface area contributed by atoms with Gasteiger partial charge < -0.3 is 0 Å². The van der Waals surface area contributed by atoms with E-state index in [1.165, 1.54) is 0 Å². The Morgan fingerprint density at radius 3 is 1.00 bits per heavy atom. The van der Waals surface area contributed by atoms with Crippen molar-refractivity contribution in [2.45, 2.75) is 19.0 Å². The maximum Gasteiger partial charge on any atom is 0.452 e. The number of hydrogen-bond donors (Lipinski definition) is 0.